The number of amides is 1. The van der Waals surface area contributed by atoms with E-state index in [1.54, 1.807) is 0 Å². The first-order valence-corrected chi connectivity index (χ1v) is 10.1. The zero-order chi connectivity index (χ0) is 19.9. The molecule has 1 amide bonds. The Kier molecular flexibility index (Phi) is 7.18. The number of halogens is 1. The summed E-state index contributed by atoms with van der Waals surface area (Å²) in [5.41, 5.74) is 1.22. The monoisotopic (exact) mass is 401 g/mol. The molecule has 2 aromatic rings. The zero-order valence-corrected chi connectivity index (χ0v) is 17.3. The molecule has 0 aromatic heterocycles. The van der Waals surface area contributed by atoms with Gasteiger partial charge >= 0.3 is 0 Å². The maximum absolute atomic E-state index is 12.9. The number of nitrogens with zero attached hydrogens (tertiary/aromatic N) is 3. The van der Waals surface area contributed by atoms with Gasteiger partial charge in [-0.2, -0.15) is 0 Å². The number of hydrogen-bond donors (Lipinski definition) is 0. The largest absolute Gasteiger partial charge is 0.492 e. The summed E-state index contributed by atoms with van der Waals surface area (Å²) in [4.78, 5) is 19.2. The van der Waals surface area contributed by atoms with Crippen LogP contribution in [0.4, 0.5) is 5.69 Å². The molecular formula is C22H28ClN3O2. The smallest absolute Gasteiger partial charge is 0.239 e. The molecule has 1 saturated heterocycles. The van der Waals surface area contributed by atoms with Crippen molar-refractivity contribution < 1.29 is 9.53 Å². The Balaban J connectivity index is 1.42. The molecule has 1 aliphatic rings. The van der Waals surface area contributed by atoms with Gasteiger partial charge in [0, 0.05) is 43.4 Å². The predicted molar refractivity (Wildman–Crippen MR) is 114 cm³/mol. The fourth-order valence-corrected chi connectivity index (χ4v) is 3.43. The summed E-state index contributed by atoms with van der Waals surface area (Å²) >= 11 is 5.88. The Morgan fingerprint density at radius 2 is 1.71 bits per heavy atom. The molecule has 0 N–H and O–H groups in total. The molecule has 6 heteroatoms. The molecule has 0 aliphatic carbocycles. The van der Waals surface area contributed by atoms with Gasteiger partial charge in [-0.15, -0.1) is 0 Å². The number of piperazine rings is 1. The highest BCUT2D eigenvalue weighted by molar-refractivity contribution is 6.30. The topological polar surface area (TPSA) is 36.0 Å². The number of carbonyl (C=O) groups excluding carboxylic acids is 1. The van der Waals surface area contributed by atoms with Crippen LogP contribution >= 0.6 is 11.6 Å². The Morgan fingerprint density at radius 1 is 1.07 bits per heavy atom. The summed E-state index contributed by atoms with van der Waals surface area (Å²) in [6.45, 7) is 6.42. The normalized spacial score (nSPS) is 15.6. The second-order valence-electron chi connectivity index (χ2n) is 7.11. The third-order valence-corrected chi connectivity index (χ3v) is 5.51. The van der Waals surface area contributed by atoms with E-state index in [-0.39, 0.29) is 11.9 Å². The number of hydrogen-bond acceptors (Lipinski definition) is 4. The van der Waals surface area contributed by atoms with Gasteiger partial charge < -0.3 is 14.5 Å². The van der Waals surface area contributed by atoms with E-state index in [1.165, 1.54) is 5.69 Å². The highest BCUT2D eigenvalue weighted by atomic mass is 35.5. The minimum Gasteiger partial charge on any atom is -0.492 e. The van der Waals surface area contributed by atoms with Crippen LogP contribution in [0.1, 0.15) is 6.92 Å². The van der Waals surface area contributed by atoms with Gasteiger partial charge in [-0.3, -0.25) is 9.69 Å². The maximum Gasteiger partial charge on any atom is 0.239 e. The zero-order valence-electron chi connectivity index (χ0n) is 16.6. The number of rotatable bonds is 7. The van der Waals surface area contributed by atoms with Gasteiger partial charge in [-0.05, 0) is 50.4 Å². The van der Waals surface area contributed by atoms with Crippen LogP contribution in [0.25, 0.3) is 0 Å². The number of anilines is 1. The van der Waals surface area contributed by atoms with E-state index in [0.717, 1.165) is 31.9 Å². The first-order chi connectivity index (χ1) is 13.5. The van der Waals surface area contributed by atoms with E-state index in [9.17, 15) is 4.79 Å². The summed E-state index contributed by atoms with van der Waals surface area (Å²) in [7, 11) is 1.97. The van der Waals surface area contributed by atoms with Crippen molar-refractivity contribution in [3.63, 3.8) is 0 Å². The van der Waals surface area contributed by atoms with E-state index >= 15 is 0 Å². The molecule has 1 heterocycles. The van der Waals surface area contributed by atoms with Crippen molar-refractivity contribution in [2.45, 2.75) is 13.0 Å². The van der Waals surface area contributed by atoms with Crippen molar-refractivity contribution in [3.8, 4) is 5.75 Å². The van der Waals surface area contributed by atoms with Gasteiger partial charge in [0.1, 0.15) is 12.4 Å². The van der Waals surface area contributed by atoms with Gasteiger partial charge in [0.05, 0.1) is 6.04 Å². The molecule has 2 aromatic carbocycles. The van der Waals surface area contributed by atoms with E-state index in [4.69, 9.17) is 16.3 Å². The Bertz CT molecular complexity index is 746. The lowest BCUT2D eigenvalue weighted by Gasteiger charge is -2.38. The van der Waals surface area contributed by atoms with E-state index in [1.807, 2.05) is 54.1 Å². The molecule has 150 valence electrons. The second-order valence-corrected chi connectivity index (χ2v) is 7.54. The van der Waals surface area contributed by atoms with Crippen LogP contribution in [0.2, 0.25) is 5.02 Å². The van der Waals surface area contributed by atoms with Gasteiger partial charge in [0.25, 0.3) is 0 Å². The van der Waals surface area contributed by atoms with Crippen molar-refractivity contribution in [1.29, 1.82) is 0 Å². The van der Waals surface area contributed by atoms with Crippen LogP contribution in [0, 0.1) is 0 Å². The number of benzene rings is 2. The fourth-order valence-electron chi connectivity index (χ4n) is 3.31. The first-order valence-electron chi connectivity index (χ1n) is 9.72. The summed E-state index contributed by atoms with van der Waals surface area (Å²) in [5.74, 6) is 0.968. The molecule has 1 fully saturated rings. The van der Waals surface area contributed by atoms with E-state index in [0.29, 0.717) is 18.2 Å². The van der Waals surface area contributed by atoms with E-state index < -0.39 is 0 Å². The summed E-state index contributed by atoms with van der Waals surface area (Å²) < 4.78 is 5.74. The molecule has 5 nitrogen and oxygen atoms in total. The third-order valence-electron chi connectivity index (χ3n) is 5.26. The van der Waals surface area contributed by atoms with Gasteiger partial charge in [0.2, 0.25) is 5.91 Å². The van der Waals surface area contributed by atoms with Crippen LogP contribution < -0.4 is 9.64 Å². The predicted octanol–water partition coefficient (Wildman–Crippen LogP) is 3.39. The molecule has 1 atom stereocenters. The molecule has 1 aliphatic heterocycles. The fraction of sp³-hybridized carbons (Fsp3) is 0.409. The molecule has 0 spiro atoms. The molecule has 28 heavy (non-hydrogen) atoms. The van der Waals surface area contributed by atoms with Crippen LogP contribution in [0.5, 0.6) is 5.75 Å². The highest BCUT2D eigenvalue weighted by Gasteiger charge is 2.27. The molecule has 0 saturated carbocycles. The average Bonchev–Trinajstić information content (AvgIpc) is 2.74. The SMILES string of the molecule is CC(C(=O)N1CCN(c2ccccc2)CC1)N(C)CCOc1ccc(Cl)cc1. The van der Waals surface area contributed by atoms with Crippen LogP contribution in [-0.4, -0.2) is 68.1 Å². The number of ether oxygens (including phenoxy) is 1. The Labute approximate surface area is 172 Å². The third kappa shape index (κ3) is 5.40. The molecule has 0 radical (unpaired) electrons. The first kappa shape index (κ1) is 20.5. The number of likely N-dealkylation sites (N-methyl/N-ethyl adjacent to an activating group) is 1. The van der Waals surface area contributed by atoms with Gasteiger partial charge in [0.15, 0.2) is 0 Å². The Morgan fingerprint density at radius 3 is 2.36 bits per heavy atom. The average molecular weight is 402 g/mol. The lowest BCUT2D eigenvalue weighted by atomic mass is 10.2. The standard InChI is InChI=1S/C22H28ClN3O2/c1-18(24(2)16-17-28-21-10-8-19(23)9-11-21)22(27)26-14-12-25(13-15-26)20-6-4-3-5-7-20/h3-11,18H,12-17H2,1-2H3. The lowest BCUT2D eigenvalue weighted by molar-refractivity contribution is -0.136. The number of carbonyl (C=O) groups is 1. The minimum atomic E-state index is -0.169. The quantitative estimate of drug-likeness (QED) is 0.712. The van der Waals surface area contributed by atoms with Gasteiger partial charge in [-0.1, -0.05) is 29.8 Å². The molecule has 0 bridgehead atoms. The molecule has 3 rings (SSSR count). The minimum absolute atomic E-state index is 0.169. The van der Waals surface area contributed by atoms with Crippen molar-refractivity contribution >= 4 is 23.2 Å². The van der Waals surface area contributed by atoms with Crippen LogP contribution in [-0.2, 0) is 4.79 Å². The number of para-hydroxylation sites is 1. The van der Waals surface area contributed by atoms with E-state index in [2.05, 4.69) is 29.2 Å². The lowest BCUT2D eigenvalue weighted by Crippen LogP contribution is -2.54. The van der Waals surface area contributed by atoms with Crippen molar-refractivity contribution in [2.75, 3.05) is 51.3 Å². The van der Waals surface area contributed by atoms with Crippen molar-refractivity contribution in [3.05, 3.63) is 59.6 Å². The molecule has 1 unspecified atom stereocenters. The second kappa shape index (κ2) is 9.80. The Hall–Kier alpha value is -2.24. The van der Waals surface area contributed by atoms with Crippen molar-refractivity contribution in [1.82, 2.24) is 9.80 Å². The summed E-state index contributed by atoms with van der Waals surface area (Å²) in [6, 6.07) is 17.5. The molecular weight excluding hydrogens is 374 g/mol. The summed E-state index contributed by atoms with van der Waals surface area (Å²) in [6.07, 6.45) is 0. The maximum atomic E-state index is 12.9. The highest BCUT2D eigenvalue weighted by Crippen LogP contribution is 2.17. The van der Waals surface area contributed by atoms with Crippen molar-refractivity contribution in [2.24, 2.45) is 0 Å². The summed E-state index contributed by atoms with van der Waals surface area (Å²) in [5, 5.41) is 0.691. The van der Waals surface area contributed by atoms with Crippen LogP contribution in [0.15, 0.2) is 54.6 Å². The van der Waals surface area contributed by atoms with Gasteiger partial charge in [-0.25, -0.2) is 0 Å². The van der Waals surface area contributed by atoms with Crippen LogP contribution in [0.3, 0.4) is 0 Å².